The highest BCUT2D eigenvalue weighted by molar-refractivity contribution is 5.46. The quantitative estimate of drug-likeness (QED) is 0.680. The smallest absolute Gasteiger partial charge is 0.196 e. The maximum Gasteiger partial charge on any atom is 0.196 e. The van der Waals surface area contributed by atoms with Crippen LogP contribution in [0.25, 0.3) is 0 Å². The molecular formula is C14H11F4NO. The molecule has 0 aromatic heterocycles. The van der Waals surface area contributed by atoms with Crippen LogP contribution in [0.1, 0.15) is 5.56 Å². The Bertz CT molecular complexity index is 631. The summed E-state index contributed by atoms with van der Waals surface area (Å²) in [5, 5.41) is 2.51. The molecule has 0 aliphatic heterocycles. The van der Waals surface area contributed by atoms with Crippen molar-refractivity contribution in [1.29, 1.82) is 0 Å². The summed E-state index contributed by atoms with van der Waals surface area (Å²) in [6, 6.07) is 6.33. The first-order chi connectivity index (χ1) is 9.54. The van der Waals surface area contributed by atoms with Gasteiger partial charge in [0.05, 0.1) is 12.8 Å². The van der Waals surface area contributed by atoms with Gasteiger partial charge in [0.1, 0.15) is 0 Å². The number of anilines is 1. The first kappa shape index (κ1) is 14.2. The lowest BCUT2D eigenvalue weighted by Gasteiger charge is -2.10. The standard InChI is InChI=1S/C14H11F4NO/c1-20-11-4-2-3-8(12(11)16)7-19-10-6-5-9(15)13(17)14(10)18/h2-6,19H,7H2,1H3. The van der Waals surface area contributed by atoms with E-state index in [0.29, 0.717) is 0 Å². The summed E-state index contributed by atoms with van der Waals surface area (Å²) in [5.74, 6) is -4.73. The Hall–Kier alpha value is -2.24. The fourth-order valence-corrected chi connectivity index (χ4v) is 1.70. The highest BCUT2D eigenvalue weighted by Gasteiger charge is 2.14. The molecule has 0 aliphatic rings. The van der Waals surface area contributed by atoms with Gasteiger partial charge in [-0.3, -0.25) is 0 Å². The molecule has 0 unspecified atom stereocenters. The lowest BCUT2D eigenvalue weighted by atomic mass is 10.2. The van der Waals surface area contributed by atoms with Gasteiger partial charge < -0.3 is 10.1 Å². The second kappa shape index (κ2) is 5.81. The van der Waals surface area contributed by atoms with Crippen molar-refractivity contribution in [2.45, 2.75) is 6.54 Å². The Kier molecular flexibility index (Phi) is 4.12. The molecule has 20 heavy (non-hydrogen) atoms. The van der Waals surface area contributed by atoms with Gasteiger partial charge in [-0.05, 0) is 18.2 Å². The molecule has 2 aromatic carbocycles. The van der Waals surface area contributed by atoms with Crippen molar-refractivity contribution in [3.63, 3.8) is 0 Å². The van der Waals surface area contributed by atoms with Crippen LogP contribution in [0.5, 0.6) is 5.75 Å². The van der Waals surface area contributed by atoms with Gasteiger partial charge in [0.25, 0.3) is 0 Å². The predicted molar refractivity (Wildman–Crippen MR) is 66.6 cm³/mol. The molecule has 0 radical (unpaired) electrons. The Morgan fingerprint density at radius 3 is 2.40 bits per heavy atom. The third kappa shape index (κ3) is 2.68. The lowest BCUT2D eigenvalue weighted by Crippen LogP contribution is -2.06. The van der Waals surface area contributed by atoms with Crippen molar-refractivity contribution in [2.24, 2.45) is 0 Å². The second-order valence-corrected chi connectivity index (χ2v) is 4.01. The summed E-state index contributed by atoms with van der Waals surface area (Å²) >= 11 is 0. The SMILES string of the molecule is COc1cccc(CNc2ccc(F)c(F)c2F)c1F. The van der Waals surface area contributed by atoms with Crippen molar-refractivity contribution in [3.8, 4) is 5.75 Å². The van der Waals surface area contributed by atoms with Crippen molar-refractivity contribution in [1.82, 2.24) is 0 Å². The molecule has 0 heterocycles. The molecule has 0 saturated carbocycles. The number of hydrogen-bond acceptors (Lipinski definition) is 2. The average molecular weight is 285 g/mol. The van der Waals surface area contributed by atoms with E-state index in [-0.39, 0.29) is 23.5 Å². The highest BCUT2D eigenvalue weighted by atomic mass is 19.2. The van der Waals surface area contributed by atoms with Crippen LogP contribution < -0.4 is 10.1 Å². The Balaban J connectivity index is 2.19. The zero-order valence-electron chi connectivity index (χ0n) is 10.5. The Morgan fingerprint density at radius 1 is 0.950 bits per heavy atom. The molecule has 106 valence electrons. The van der Waals surface area contributed by atoms with E-state index < -0.39 is 23.3 Å². The predicted octanol–water partition coefficient (Wildman–Crippen LogP) is 3.86. The number of methoxy groups -OCH3 is 1. The topological polar surface area (TPSA) is 21.3 Å². The Morgan fingerprint density at radius 2 is 1.70 bits per heavy atom. The molecule has 0 aliphatic carbocycles. The van der Waals surface area contributed by atoms with Gasteiger partial charge in [-0.25, -0.2) is 17.6 Å². The molecule has 0 fully saturated rings. The first-order valence-electron chi connectivity index (χ1n) is 5.73. The minimum absolute atomic E-state index is 0.0510. The minimum atomic E-state index is -1.57. The van der Waals surface area contributed by atoms with E-state index in [9.17, 15) is 17.6 Å². The zero-order valence-corrected chi connectivity index (χ0v) is 10.5. The Labute approximate surface area is 113 Å². The fourth-order valence-electron chi connectivity index (χ4n) is 1.70. The summed E-state index contributed by atoms with van der Waals surface area (Å²) in [6.07, 6.45) is 0. The largest absolute Gasteiger partial charge is 0.494 e. The number of rotatable bonds is 4. The molecule has 0 amide bonds. The van der Waals surface area contributed by atoms with Crippen LogP contribution >= 0.6 is 0 Å². The normalized spacial score (nSPS) is 10.4. The van der Waals surface area contributed by atoms with Crippen molar-refractivity contribution < 1.29 is 22.3 Å². The lowest BCUT2D eigenvalue weighted by molar-refractivity contribution is 0.384. The number of ether oxygens (including phenoxy) is 1. The number of nitrogens with one attached hydrogen (secondary N) is 1. The molecule has 0 atom stereocenters. The van der Waals surface area contributed by atoms with Crippen molar-refractivity contribution in [2.75, 3.05) is 12.4 Å². The molecule has 2 rings (SSSR count). The summed E-state index contributed by atoms with van der Waals surface area (Å²) in [7, 11) is 1.32. The monoisotopic (exact) mass is 285 g/mol. The van der Waals surface area contributed by atoms with Crippen LogP contribution in [0.15, 0.2) is 30.3 Å². The van der Waals surface area contributed by atoms with Crippen molar-refractivity contribution in [3.05, 3.63) is 59.2 Å². The van der Waals surface area contributed by atoms with E-state index in [4.69, 9.17) is 4.74 Å². The minimum Gasteiger partial charge on any atom is -0.494 e. The molecule has 2 aromatic rings. The highest BCUT2D eigenvalue weighted by Crippen LogP contribution is 2.23. The van der Waals surface area contributed by atoms with E-state index in [1.54, 1.807) is 6.07 Å². The molecule has 6 heteroatoms. The van der Waals surface area contributed by atoms with Crippen LogP contribution in [0.3, 0.4) is 0 Å². The zero-order chi connectivity index (χ0) is 14.7. The second-order valence-electron chi connectivity index (χ2n) is 4.01. The van der Waals surface area contributed by atoms with Crippen LogP contribution in [-0.4, -0.2) is 7.11 Å². The molecule has 0 bridgehead atoms. The van der Waals surface area contributed by atoms with Gasteiger partial charge in [-0.2, -0.15) is 0 Å². The average Bonchev–Trinajstić information content (AvgIpc) is 2.45. The number of hydrogen-bond donors (Lipinski definition) is 1. The third-order valence-corrected chi connectivity index (χ3v) is 2.77. The van der Waals surface area contributed by atoms with Crippen molar-refractivity contribution >= 4 is 5.69 Å². The van der Waals surface area contributed by atoms with E-state index in [2.05, 4.69) is 5.32 Å². The summed E-state index contributed by atoms with van der Waals surface area (Å²) in [4.78, 5) is 0. The van der Waals surface area contributed by atoms with Crippen LogP contribution in [0.2, 0.25) is 0 Å². The first-order valence-corrected chi connectivity index (χ1v) is 5.73. The van der Waals surface area contributed by atoms with E-state index in [1.807, 2.05) is 0 Å². The van der Waals surface area contributed by atoms with Crippen LogP contribution in [-0.2, 0) is 6.54 Å². The maximum absolute atomic E-state index is 13.8. The van der Waals surface area contributed by atoms with Gasteiger partial charge in [0, 0.05) is 12.1 Å². The molecule has 0 saturated heterocycles. The van der Waals surface area contributed by atoms with E-state index in [1.165, 1.54) is 19.2 Å². The number of halogens is 4. The summed E-state index contributed by atoms with van der Waals surface area (Å²) in [6.45, 7) is -0.0922. The number of benzene rings is 2. The van der Waals surface area contributed by atoms with Gasteiger partial charge >= 0.3 is 0 Å². The fraction of sp³-hybridized carbons (Fsp3) is 0.143. The van der Waals surface area contributed by atoms with E-state index >= 15 is 0 Å². The third-order valence-electron chi connectivity index (χ3n) is 2.77. The molecular weight excluding hydrogens is 274 g/mol. The summed E-state index contributed by atoms with van der Waals surface area (Å²) < 4.78 is 57.8. The molecule has 1 N–H and O–H groups in total. The van der Waals surface area contributed by atoms with Crippen LogP contribution in [0, 0.1) is 23.3 Å². The van der Waals surface area contributed by atoms with Gasteiger partial charge in [0.15, 0.2) is 29.0 Å². The van der Waals surface area contributed by atoms with Gasteiger partial charge in [0.2, 0.25) is 0 Å². The van der Waals surface area contributed by atoms with Gasteiger partial charge in [-0.15, -0.1) is 0 Å². The van der Waals surface area contributed by atoms with Gasteiger partial charge in [-0.1, -0.05) is 12.1 Å². The molecule has 0 spiro atoms. The molecule has 2 nitrogen and oxygen atoms in total. The van der Waals surface area contributed by atoms with E-state index in [0.717, 1.165) is 12.1 Å². The maximum atomic E-state index is 13.8. The van der Waals surface area contributed by atoms with Crippen LogP contribution in [0.4, 0.5) is 23.2 Å². The summed E-state index contributed by atoms with van der Waals surface area (Å²) in [5.41, 5.74) is -0.0281.